The Morgan fingerprint density at radius 3 is 2.72 bits per heavy atom. The molecule has 0 fully saturated rings. The molecule has 0 aliphatic carbocycles. The molecule has 0 bridgehead atoms. The maximum atomic E-state index is 12.6. The van der Waals surface area contributed by atoms with Crippen molar-refractivity contribution in [3.05, 3.63) is 50.0 Å². The average Bonchev–Trinajstić information content (AvgIpc) is 2.95. The summed E-state index contributed by atoms with van der Waals surface area (Å²) < 4.78 is 42.8. The van der Waals surface area contributed by atoms with Gasteiger partial charge in [-0.2, -0.15) is 13.2 Å². The molecular formula is C14H12F3N3O4S. The van der Waals surface area contributed by atoms with Crippen LogP contribution < -0.4 is 5.32 Å². The van der Waals surface area contributed by atoms with Gasteiger partial charge in [0, 0.05) is 11.4 Å². The Hall–Kier alpha value is -2.69. The fraction of sp³-hybridized carbons (Fsp3) is 0.286. The van der Waals surface area contributed by atoms with Gasteiger partial charge in [0.1, 0.15) is 18.8 Å². The minimum atomic E-state index is -4.70. The summed E-state index contributed by atoms with van der Waals surface area (Å²) in [6.07, 6.45) is -4.70. The number of nitro benzene ring substituents is 1. The van der Waals surface area contributed by atoms with Gasteiger partial charge in [-0.15, -0.1) is 11.3 Å². The van der Waals surface area contributed by atoms with Crippen LogP contribution in [0.5, 0.6) is 0 Å². The number of halogens is 3. The van der Waals surface area contributed by atoms with Gasteiger partial charge in [-0.3, -0.25) is 14.9 Å². The number of nitrogens with zero attached hydrogens (tertiary/aromatic N) is 2. The monoisotopic (exact) mass is 375 g/mol. The highest BCUT2D eigenvalue weighted by atomic mass is 32.1. The highest BCUT2D eigenvalue weighted by molar-refractivity contribution is 7.09. The first kappa shape index (κ1) is 18.6. The molecule has 0 amide bonds. The number of aromatic nitrogens is 1. The molecule has 0 aliphatic rings. The van der Waals surface area contributed by atoms with Gasteiger partial charge in [-0.1, -0.05) is 0 Å². The Labute approximate surface area is 143 Å². The number of esters is 1. The molecule has 11 heteroatoms. The van der Waals surface area contributed by atoms with E-state index in [0.29, 0.717) is 17.8 Å². The SMILES string of the molecule is Cc1nc(COC(=O)CNc2ccc(C(F)(F)F)cc2[N+](=O)[O-])cs1. The van der Waals surface area contributed by atoms with E-state index in [1.807, 2.05) is 0 Å². The number of carbonyl (C=O) groups is 1. The van der Waals surface area contributed by atoms with E-state index in [2.05, 4.69) is 10.3 Å². The number of hydrogen-bond donors (Lipinski definition) is 1. The van der Waals surface area contributed by atoms with Crippen molar-refractivity contribution in [2.45, 2.75) is 19.7 Å². The van der Waals surface area contributed by atoms with Crippen molar-refractivity contribution in [2.75, 3.05) is 11.9 Å². The standard InChI is InChI=1S/C14H12F3N3O4S/c1-8-19-10(7-25-8)6-24-13(21)5-18-11-3-2-9(14(15,16)17)4-12(11)20(22)23/h2-4,7,18H,5-6H2,1H3. The summed E-state index contributed by atoms with van der Waals surface area (Å²) in [6, 6.07) is 2.00. The van der Waals surface area contributed by atoms with Crippen molar-refractivity contribution in [1.82, 2.24) is 4.98 Å². The van der Waals surface area contributed by atoms with Crippen LogP contribution in [0.4, 0.5) is 24.5 Å². The summed E-state index contributed by atoms with van der Waals surface area (Å²) in [5.41, 5.74) is -1.57. The second-order valence-electron chi connectivity index (χ2n) is 4.86. The van der Waals surface area contributed by atoms with E-state index in [1.165, 1.54) is 11.3 Å². The van der Waals surface area contributed by atoms with E-state index in [9.17, 15) is 28.1 Å². The molecule has 0 spiro atoms. The minimum absolute atomic E-state index is 0.0556. The lowest BCUT2D eigenvalue weighted by Crippen LogP contribution is -2.17. The van der Waals surface area contributed by atoms with Gasteiger partial charge < -0.3 is 10.1 Å². The van der Waals surface area contributed by atoms with Crippen LogP contribution in [0.15, 0.2) is 23.6 Å². The summed E-state index contributed by atoms with van der Waals surface area (Å²) in [7, 11) is 0. The van der Waals surface area contributed by atoms with Crippen LogP contribution in [0.25, 0.3) is 0 Å². The molecule has 0 saturated heterocycles. The quantitative estimate of drug-likeness (QED) is 0.472. The topological polar surface area (TPSA) is 94.4 Å². The number of hydrogen-bond acceptors (Lipinski definition) is 7. The van der Waals surface area contributed by atoms with Crippen molar-refractivity contribution in [1.29, 1.82) is 0 Å². The van der Waals surface area contributed by atoms with Gasteiger partial charge in [0.15, 0.2) is 0 Å². The van der Waals surface area contributed by atoms with E-state index in [0.717, 1.165) is 11.1 Å². The van der Waals surface area contributed by atoms with Crippen LogP contribution in [0.3, 0.4) is 0 Å². The molecule has 2 rings (SSSR count). The van der Waals surface area contributed by atoms with Gasteiger partial charge in [0.25, 0.3) is 5.69 Å². The summed E-state index contributed by atoms with van der Waals surface area (Å²) in [5.74, 6) is -0.722. The highest BCUT2D eigenvalue weighted by Crippen LogP contribution is 2.34. The number of anilines is 1. The Bertz CT molecular complexity index is 792. The van der Waals surface area contributed by atoms with Gasteiger partial charge in [0.05, 0.1) is 21.2 Å². The second-order valence-corrected chi connectivity index (χ2v) is 5.92. The predicted octanol–water partition coefficient (Wildman–Crippen LogP) is 3.53. The van der Waals surface area contributed by atoms with E-state index >= 15 is 0 Å². The van der Waals surface area contributed by atoms with Crippen LogP contribution >= 0.6 is 11.3 Å². The molecule has 0 atom stereocenters. The first-order valence-electron chi connectivity index (χ1n) is 6.83. The largest absolute Gasteiger partial charge is 0.458 e. The third kappa shape index (κ3) is 5.14. The van der Waals surface area contributed by atoms with E-state index < -0.39 is 34.9 Å². The number of alkyl halides is 3. The van der Waals surface area contributed by atoms with E-state index in [1.54, 1.807) is 12.3 Å². The zero-order chi connectivity index (χ0) is 18.6. The number of ether oxygens (including phenoxy) is 1. The fourth-order valence-electron chi connectivity index (χ4n) is 1.86. The molecule has 1 heterocycles. The summed E-state index contributed by atoms with van der Waals surface area (Å²) in [4.78, 5) is 25.7. The van der Waals surface area contributed by atoms with E-state index in [4.69, 9.17) is 4.74 Å². The number of aryl methyl sites for hydroxylation is 1. The molecule has 0 aliphatic heterocycles. The van der Waals surface area contributed by atoms with Gasteiger partial charge in [-0.25, -0.2) is 4.98 Å². The number of carbonyl (C=O) groups excluding carboxylic acids is 1. The number of nitrogens with one attached hydrogen (secondary N) is 1. The van der Waals surface area contributed by atoms with Crippen LogP contribution in [0.1, 0.15) is 16.3 Å². The van der Waals surface area contributed by atoms with Crippen LogP contribution in [0.2, 0.25) is 0 Å². The predicted molar refractivity (Wildman–Crippen MR) is 83.2 cm³/mol. The zero-order valence-corrected chi connectivity index (χ0v) is 13.6. The lowest BCUT2D eigenvalue weighted by atomic mass is 10.1. The Kier molecular flexibility index (Phi) is 5.57. The first-order valence-corrected chi connectivity index (χ1v) is 7.71. The number of nitro groups is 1. The molecule has 1 N–H and O–H groups in total. The van der Waals surface area contributed by atoms with Gasteiger partial charge in [0.2, 0.25) is 0 Å². The lowest BCUT2D eigenvalue weighted by molar-refractivity contribution is -0.384. The smallest absolute Gasteiger partial charge is 0.416 e. The highest BCUT2D eigenvalue weighted by Gasteiger charge is 2.33. The summed E-state index contributed by atoms with van der Waals surface area (Å²) >= 11 is 1.39. The molecule has 0 radical (unpaired) electrons. The van der Waals surface area contributed by atoms with Crippen molar-refractivity contribution in [3.8, 4) is 0 Å². The Morgan fingerprint density at radius 1 is 1.44 bits per heavy atom. The van der Waals surface area contributed by atoms with Gasteiger partial charge in [-0.05, 0) is 19.1 Å². The van der Waals surface area contributed by atoms with Crippen LogP contribution in [0, 0.1) is 17.0 Å². The maximum absolute atomic E-state index is 12.6. The molecule has 2 aromatic rings. The molecule has 1 aromatic carbocycles. The lowest BCUT2D eigenvalue weighted by Gasteiger charge is -2.10. The normalized spacial score (nSPS) is 11.2. The third-order valence-electron chi connectivity index (χ3n) is 2.99. The number of thiazole rings is 1. The van der Waals surface area contributed by atoms with Crippen molar-refractivity contribution < 1.29 is 27.6 Å². The number of benzene rings is 1. The Balaban J connectivity index is 1.99. The second kappa shape index (κ2) is 7.47. The van der Waals surface area contributed by atoms with Gasteiger partial charge >= 0.3 is 12.1 Å². The summed E-state index contributed by atoms with van der Waals surface area (Å²) in [6.45, 7) is 1.30. The van der Waals surface area contributed by atoms with Crippen LogP contribution in [-0.2, 0) is 22.3 Å². The molecule has 0 unspecified atom stereocenters. The van der Waals surface area contributed by atoms with Crippen molar-refractivity contribution in [3.63, 3.8) is 0 Å². The molecule has 25 heavy (non-hydrogen) atoms. The molecular weight excluding hydrogens is 363 g/mol. The number of rotatable bonds is 6. The zero-order valence-electron chi connectivity index (χ0n) is 12.8. The summed E-state index contributed by atoms with van der Waals surface area (Å²) in [5, 5.41) is 15.9. The first-order chi connectivity index (χ1) is 11.7. The van der Waals surface area contributed by atoms with Crippen molar-refractivity contribution >= 4 is 28.7 Å². The molecule has 134 valence electrons. The molecule has 0 saturated carbocycles. The van der Waals surface area contributed by atoms with Crippen LogP contribution in [-0.4, -0.2) is 22.4 Å². The molecule has 1 aromatic heterocycles. The average molecular weight is 375 g/mol. The van der Waals surface area contributed by atoms with E-state index in [-0.39, 0.29) is 12.3 Å². The molecule has 7 nitrogen and oxygen atoms in total. The maximum Gasteiger partial charge on any atom is 0.416 e. The third-order valence-corrected chi connectivity index (χ3v) is 3.81. The van der Waals surface area contributed by atoms with Crippen molar-refractivity contribution in [2.24, 2.45) is 0 Å². The fourth-order valence-corrected chi connectivity index (χ4v) is 2.45. The Morgan fingerprint density at radius 2 is 2.16 bits per heavy atom. The minimum Gasteiger partial charge on any atom is -0.458 e.